The van der Waals surface area contributed by atoms with Crippen LogP contribution in [-0.4, -0.2) is 14.9 Å². The van der Waals surface area contributed by atoms with E-state index in [1.54, 1.807) is 23.9 Å². The molecule has 0 bridgehead atoms. The summed E-state index contributed by atoms with van der Waals surface area (Å²) in [6, 6.07) is 19.3. The van der Waals surface area contributed by atoms with Crippen LogP contribution in [0.4, 0.5) is 0 Å². The first-order valence-electron chi connectivity index (χ1n) is 6.33. The number of nitrogens with zero attached hydrogens (tertiary/aromatic N) is 2. The smallest absolute Gasteiger partial charge is 0.116 e. The zero-order chi connectivity index (χ0) is 13.8. The lowest BCUT2D eigenvalue weighted by atomic mass is 10.3. The summed E-state index contributed by atoms with van der Waals surface area (Å²) in [5, 5.41) is 14.0. The molecule has 3 nitrogen and oxygen atoms in total. The number of phenolic OH excluding ortho intramolecular Hbond substituents is 1. The highest BCUT2D eigenvalue weighted by molar-refractivity contribution is 7.98. The molecule has 0 saturated heterocycles. The van der Waals surface area contributed by atoms with Crippen LogP contribution in [0.15, 0.2) is 71.8 Å². The second kappa shape index (κ2) is 5.84. The van der Waals surface area contributed by atoms with Gasteiger partial charge >= 0.3 is 0 Å². The maximum absolute atomic E-state index is 9.43. The van der Waals surface area contributed by atoms with Crippen molar-refractivity contribution in [3.8, 4) is 11.4 Å². The molecule has 1 N–H and O–H groups in total. The largest absolute Gasteiger partial charge is 0.508 e. The molecule has 4 heteroatoms. The Morgan fingerprint density at radius 1 is 1.00 bits per heavy atom. The Kier molecular flexibility index (Phi) is 3.74. The molecule has 0 unspecified atom stereocenters. The van der Waals surface area contributed by atoms with Crippen molar-refractivity contribution in [2.75, 3.05) is 0 Å². The third-order valence-corrected chi connectivity index (χ3v) is 3.90. The van der Waals surface area contributed by atoms with Gasteiger partial charge in [-0.25, -0.2) is 4.68 Å². The Balaban J connectivity index is 1.69. The van der Waals surface area contributed by atoms with Gasteiger partial charge in [0, 0.05) is 16.8 Å². The quantitative estimate of drug-likeness (QED) is 0.738. The molecule has 100 valence electrons. The molecule has 0 aliphatic carbocycles. The summed E-state index contributed by atoms with van der Waals surface area (Å²) in [6.45, 7) is 0. The number of aromatic hydroxyl groups is 1. The van der Waals surface area contributed by atoms with Crippen molar-refractivity contribution in [2.24, 2.45) is 0 Å². The van der Waals surface area contributed by atoms with E-state index in [1.165, 1.54) is 0 Å². The summed E-state index contributed by atoms with van der Waals surface area (Å²) in [4.78, 5) is 1.04. The van der Waals surface area contributed by atoms with E-state index in [9.17, 15) is 5.11 Å². The van der Waals surface area contributed by atoms with Crippen LogP contribution in [0.1, 0.15) is 5.69 Å². The van der Waals surface area contributed by atoms with Crippen LogP contribution < -0.4 is 0 Å². The Morgan fingerprint density at radius 3 is 2.65 bits per heavy atom. The molecule has 0 radical (unpaired) electrons. The number of aromatic nitrogens is 2. The molecular weight excluding hydrogens is 268 g/mol. The SMILES string of the molecule is Oc1cccc(SCc2ccn(-c3ccccc3)n2)c1. The Hall–Kier alpha value is -2.20. The van der Waals surface area contributed by atoms with E-state index >= 15 is 0 Å². The third kappa shape index (κ3) is 3.03. The summed E-state index contributed by atoms with van der Waals surface area (Å²) in [5.74, 6) is 1.08. The Labute approximate surface area is 121 Å². The van der Waals surface area contributed by atoms with Gasteiger partial charge in [0.2, 0.25) is 0 Å². The van der Waals surface area contributed by atoms with Crippen LogP contribution in [0.2, 0.25) is 0 Å². The average Bonchev–Trinajstić information content (AvgIpc) is 2.95. The molecule has 3 rings (SSSR count). The molecule has 0 spiro atoms. The highest BCUT2D eigenvalue weighted by atomic mass is 32.2. The zero-order valence-corrected chi connectivity index (χ0v) is 11.6. The first kappa shape index (κ1) is 12.8. The molecule has 0 amide bonds. The van der Waals surface area contributed by atoms with Crippen molar-refractivity contribution in [3.63, 3.8) is 0 Å². The molecule has 0 saturated carbocycles. The van der Waals surface area contributed by atoms with Crippen molar-refractivity contribution in [3.05, 3.63) is 72.6 Å². The minimum Gasteiger partial charge on any atom is -0.508 e. The number of hydrogen-bond acceptors (Lipinski definition) is 3. The van der Waals surface area contributed by atoms with Crippen molar-refractivity contribution in [2.45, 2.75) is 10.6 Å². The highest BCUT2D eigenvalue weighted by Gasteiger charge is 2.02. The van der Waals surface area contributed by atoms with Crippen LogP contribution in [-0.2, 0) is 5.75 Å². The standard InChI is InChI=1S/C16H14N2OS/c19-15-7-4-8-16(11-15)20-12-13-9-10-18(17-13)14-5-2-1-3-6-14/h1-11,19H,12H2. The third-order valence-electron chi connectivity index (χ3n) is 2.87. The van der Waals surface area contributed by atoms with Crippen LogP contribution in [0, 0.1) is 0 Å². The molecule has 0 fully saturated rings. The molecule has 1 aromatic heterocycles. The fourth-order valence-electron chi connectivity index (χ4n) is 1.89. The first-order chi connectivity index (χ1) is 9.81. The monoisotopic (exact) mass is 282 g/mol. The maximum Gasteiger partial charge on any atom is 0.116 e. The Morgan fingerprint density at radius 2 is 1.85 bits per heavy atom. The average molecular weight is 282 g/mol. The van der Waals surface area contributed by atoms with Crippen molar-refractivity contribution >= 4 is 11.8 Å². The van der Waals surface area contributed by atoms with Gasteiger partial charge < -0.3 is 5.11 Å². The summed E-state index contributed by atoms with van der Waals surface area (Å²) < 4.78 is 1.87. The van der Waals surface area contributed by atoms with Crippen LogP contribution in [0.25, 0.3) is 5.69 Å². The van der Waals surface area contributed by atoms with E-state index in [0.717, 1.165) is 22.0 Å². The van der Waals surface area contributed by atoms with E-state index in [0.29, 0.717) is 5.75 Å². The van der Waals surface area contributed by atoms with Gasteiger partial charge in [0.1, 0.15) is 5.75 Å². The fraction of sp³-hybridized carbons (Fsp3) is 0.0625. The number of benzene rings is 2. The predicted molar refractivity (Wildman–Crippen MR) is 81.2 cm³/mol. The highest BCUT2D eigenvalue weighted by Crippen LogP contribution is 2.25. The fourth-order valence-corrected chi connectivity index (χ4v) is 2.74. The van der Waals surface area contributed by atoms with E-state index in [-0.39, 0.29) is 0 Å². The number of thioether (sulfide) groups is 1. The van der Waals surface area contributed by atoms with E-state index in [1.807, 2.05) is 59.4 Å². The number of phenols is 1. The normalized spacial score (nSPS) is 10.6. The molecule has 0 aliphatic rings. The van der Waals surface area contributed by atoms with E-state index in [2.05, 4.69) is 5.10 Å². The van der Waals surface area contributed by atoms with Crippen LogP contribution in [0.3, 0.4) is 0 Å². The van der Waals surface area contributed by atoms with Gasteiger partial charge in [0.05, 0.1) is 11.4 Å². The van der Waals surface area contributed by atoms with Gasteiger partial charge in [-0.05, 0) is 36.4 Å². The molecular formula is C16H14N2OS. The maximum atomic E-state index is 9.43. The lowest BCUT2D eigenvalue weighted by Crippen LogP contribution is -1.94. The van der Waals surface area contributed by atoms with Gasteiger partial charge in [-0.3, -0.25) is 0 Å². The Bertz CT molecular complexity index is 694. The van der Waals surface area contributed by atoms with Crippen molar-refractivity contribution in [1.82, 2.24) is 9.78 Å². The molecule has 0 aliphatic heterocycles. The van der Waals surface area contributed by atoms with Crippen molar-refractivity contribution < 1.29 is 5.11 Å². The lowest BCUT2D eigenvalue weighted by Gasteiger charge is -2.01. The lowest BCUT2D eigenvalue weighted by molar-refractivity contribution is 0.474. The first-order valence-corrected chi connectivity index (χ1v) is 7.32. The molecule has 3 aromatic rings. The van der Waals surface area contributed by atoms with Gasteiger partial charge in [-0.1, -0.05) is 24.3 Å². The molecule has 1 heterocycles. The second-order valence-electron chi connectivity index (χ2n) is 4.37. The van der Waals surface area contributed by atoms with Crippen LogP contribution in [0.5, 0.6) is 5.75 Å². The molecule has 20 heavy (non-hydrogen) atoms. The second-order valence-corrected chi connectivity index (χ2v) is 5.42. The topological polar surface area (TPSA) is 38.0 Å². The van der Waals surface area contributed by atoms with E-state index < -0.39 is 0 Å². The predicted octanol–water partition coefficient (Wildman–Crippen LogP) is 3.87. The molecule has 2 aromatic carbocycles. The molecule has 0 atom stereocenters. The van der Waals surface area contributed by atoms with Gasteiger partial charge in [0.25, 0.3) is 0 Å². The number of rotatable bonds is 4. The minimum absolute atomic E-state index is 0.296. The van der Waals surface area contributed by atoms with Crippen LogP contribution >= 0.6 is 11.8 Å². The van der Waals surface area contributed by atoms with Crippen molar-refractivity contribution in [1.29, 1.82) is 0 Å². The summed E-state index contributed by atoms with van der Waals surface area (Å²) in [5.41, 5.74) is 2.07. The minimum atomic E-state index is 0.296. The summed E-state index contributed by atoms with van der Waals surface area (Å²) in [6.07, 6.45) is 1.97. The number of para-hydroxylation sites is 1. The van der Waals surface area contributed by atoms with Gasteiger partial charge in [0.15, 0.2) is 0 Å². The zero-order valence-electron chi connectivity index (χ0n) is 10.8. The summed E-state index contributed by atoms with van der Waals surface area (Å²) in [7, 11) is 0. The van der Waals surface area contributed by atoms with Gasteiger partial charge in [-0.15, -0.1) is 11.8 Å². The summed E-state index contributed by atoms with van der Waals surface area (Å²) >= 11 is 1.66. The number of hydrogen-bond donors (Lipinski definition) is 1. The van der Waals surface area contributed by atoms with Gasteiger partial charge in [-0.2, -0.15) is 5.10 Å². The van der Waals surface area contributed by atoms with E-state index in [4.69, 9.17) is 0 Å².